The Hall–Kier alpha value is -2.68. The number of fused-ring (bicyclic) bond motifs is 1. The summed E-state index contributed by atoms with van der Waals surface area (Å²) < 4.78 is 40.0. The average Bonchev–Trinajstić information content (AvgIpc) is 2.77. The van der Waals surface area contributed by atoms with Crippen LogP contribution in [0.15, 0.2) is 35.4 Å². The van der Waals surface area contributed by atoms with Crippen molar-refractivity contribution >= 4 is 27.7 Å². The molecule has 1 aliphatic heterocycles. The van der Waals surface area contributed by atoms with Crippen LogP contribution < -0.4 is 10.9 Å². The Morgan fingerprint density at radius 3 is 2.56 bits per heavy atom. The molecule has 1 N–H and O–H groups in total. The van der Waals surface area contributed by atoms with Crippen LogP contribution in [-0.4, -0.2) is 30.2 Å². The molecule has 0 spiro atoms. The second kappa shape index (κ2) is 9.05. The molecule has 1 atom stereocenters. The normalized spacial score (nSPS) is 19.9. The van der Waals surface area contributed by atoms with Crippen molar-refractivity contribution in [1.29, 1.82) is 0 Å². The van der Waals surface area contributed by atoms with Gasteiger partial charge >= 0.3 is 0 Å². The van der Waals surface area contributed by atoms with Crippen molar-refractivity contribution in [1.82, 2.24) is 14.5 Å². The van der Waals surface area contributed by atoms with Gasteiger partial charge in [0.15, 0.2) is 0 Å². The lowest BCUT2D eigenvalue weighted by molar-refractivity contribution is 0.150. The first-order chi connectivity index (χ1) is 15.3. The number of halogens is 2. The number of anilines is 1. The third kappa shape index (κ3) is 4.18. The molecule has 0 unspecified atom stereocenters. The minimum absolute atomic E-state index is 0.0167. The largest absolute Gasteiger partial charge is 0.363 e. The zero-order valence-corrected chi connectivity index (χ0v) is 19.1. The molecule has 0 bridgehead atoms. The highest BCUT2D eigenvalue weighted by atomic mass is 32.2. The first-order valence-electron chi connectivity index (χ1n) is 10.6. The van der Waals surface area contributed by atoms with Crippen molar-refractivity contribution in [3.63, 3.8) is 0 Å². The summed E-state index contributed by atoms with van der Waals surface area (Å²) in [4.78, 5) is 21.7. The van der Waals surface area contributed by atoms with Crippen molar-refractivity contribution < 1.29 is 13.0 Å². The van der Waals surface area contributed by atoms with Crippen molar-refractivity contribution in [3.05, 3.63) is 63.2 Å². The topological polar surface area (TPSA) is 76.9 Å². The Bertz CT molecular complexity index is 1230. The Labute approximate surface area is 187 Å². The monoisotopic (exact) mass is 460 g/mol. The van der Waals surface area contributed by atoms with Crippen LogP contribution in [0.3, 0.4) is 0 Å². The predicted octanol–water partition coefficient (Wildman–Crippen LogP) is 4.37. The van der Waals surface area contributed by atoms with Gasteiger partial charge in [-0.25, -0.2) is 18.7 Å². The molecule has 0 aliphatic carbocycles. The zero-order valence-electron chi connectivity index (χ0n) is 18.3. The van der Waals surface area contributed by atoms with Crippen LogP contribution in [0.2, 0.25) is 0 Å². The standard InChI is InChI=1S/C23H26F2N4O2S/c1-13-16(5-4-6-17(13)20(24)25)14(2)28-21-19-11-18(15-7-9-32(31)10-8-15)23(30)29(3)22(19)27-12-26-21/h4-6,11-12,14-15,20H,7-10H2,1-3H3,(H,26,27,28)/t14-,15?,32?/m1/s1. The van der Waals surface area contributed by atoms with Gasteiger partial charge in [-0.2, -0.15) is 0 Å². The lowest BCUT2D eigenvalue weighted by atomic mass is 9.93. The predicted molar refractivity (Wildman–Crippen MR) is 123 cm³/mol. The molecule has 3 aromatic rings. The van der Waals surface area contributed by atoms with E-state index in [1.165, 1.54) is 17.0 Å². The average molecular weight is 461 g/mol. The number of alkyl halides is 2. The Morgan fingerprint density at radius 1 is 1.19 bits per heavy atom. The summed E-state index contributed by atoms with van der Waals surface area (Å²) in [5, 5.41) is 4.03. The van der Waals surface area contributed by atoms with E-state index in [-0.39, 0.29) is 23.1 Å². The van der Waals surface area contributed by atoms with Gasteiger partial charge in [0.2, 0.25) is 0 Å². The van der Waals surface area contributed by atoms with Gasteiger partial charge in [-0.05, 0) is 49.8 Å². The van der Waals surface area contributed by atoms with Gasteiger partial charge in [0, 0.05) is 40.5 Å². The highest BCUT2D eigenvalue weighted by Gasteiger charge is 2.24. The second-order valence-electron chi connectivity index (χ2n) is 8.27. The summed E-state index contributed by atoms with van der Waals surface area (Å²) in [6, 6.07) is 6.45. The lowest BCUT2D eigenvalue weighted by Crippen LogP contribution is -2.28. The maximum absolute atomic E-state index is 13.3. The Balaban J connectivity index is 1.74. The Kier molecular flexibility index (Phi) is 6.37. The molecule has 1 saturated heterocycles. The van der Waals surface area contributed by atoms with Crippen molar-refractivity contribution in [3.8, 4) is 0 Å². The van der Waals surface area contributed by atoms with E-state index in [1.807, 2.05) is 19.1 Å². The van der Waals surface area contributed by atoms with Crippen LogP contribution in [-0.2, 0) is 17.8 Å². The van der Waals surface area contributed by atoms with E-state index in [9.17, 15) is 17.8 Å². The summed E-state index contributed by atoms with van der Waals surface area (Å²) in [6.45, 7) is 3.59. The molecular weight excluding hydrogens is 434 g/mol. The number of benzene rings is 1. The summed E-state index contributed by atoms with van der Waals surface area (Å²) >= 11 is 0. The van der Waals surface area contributed by atoms with E-state index >= 15 is 0 Å². The first kappa shape index (κ1) is 22.5. The van der Waals surface area contributed by atoms with Gasteiger partial charge in [0.1, 0.15) is 17.8 Å². The number of pyridine rings is 1. The van der Waals surface area contributed by atoms with Crippen LogP contribution in [0.4, 0.5) is 14.6 Å². The van der Waals surface area contributed by atoms with Crippen LogP contribution in [0.5, 0.6) is 0 Å². The van der Waals surface area contributed by atoms with E-state index in [1.54, 1.807) is 20.0 Å². The third-order valence-corrected chi connectivity index (χ3v) is 7.71. The molecule has 9 heteroatoms. The fraction of sp³-hybridized carbons (Fsp3) is 0.435. The van der Waals surface area contributed by atoms with Gasteiger partial charge in [-0.15, -0.1) is 0 Å². The molecular formula is C23H26F2N4O2S. The highest BCUT2D eigenvalue weighted by molar-refractivity contribution is 7.85. The summed E-state index contributed by atoms with van der Waals surface area (Å²) in [5.74, 6) is 1.78. The minimum Gasteiger partial charge on any atom is -0.363 e. The number of aromatic nitrogens is 3. The molecule has 32 heavy (non-hydrogen) atoms. The van der Waals surface area contributed by atoms with Gasteiger partial charge in [0.05, 0.1) is 11.4 Å². The van der Waals surface area contributed by atoms with Crippen LogP contribution in [0.1, 0.15) is 60.4 Å². The van der Waals surface area contributed by atoms with E-state index in [0.29, 0.717) is 52.3 Å². The number of aryl methyl sites for hydroxylation is 1. The van der Waals surface area contributed by atoms with Gasteiger partial charge in [-0.1, -0.05) is 18.2 Å². The maximum Gasteiger partial charge on any atom is 0.264 e. The molecule has 0 saturated carbocycles. The van der Waals surface area contributed by atoms with Crippen molar-refractivity contribution in [2.45, 2.75) is 45.1 Å². The number of nitrogens with one attached hydrogen (secondary N) is 1. The molecule has 1 aromatic carbocycles. The van der Waals surface area contributed by atoms with Gasteiger partial charge < -0.3 is 5.32 Å². The Morgan fingerprint density at radius 2 is 1.88 bits per heavy atom. The maximum atomic E-state index is 13.3. The summed E-state index contributed by atoms with van der Waals surface area (Å²) in [7, 11) is 0.872. The molecule has 1 fully saturated rings. The second-order valence-corrected chi connectivity index (χ2v) is 9.97. The van der Waals surface area contributed by atoms with E-state index < -0.39 is 17.2 Å². The molecule has 6 nitrogen and oxygen atoms in total. The number of hydrogen-bond donors (Lipinski definition) is 1. The number of rotatable bonds is 5. The SMILES string of the molecule is Cc1c(C(F)F)cccc1[C@@H](C)Nc1ncnc2c1cc(C1CCS(=O)CC1)c(=O)n2C. The fourth-order valence-corrected chi connectivity index (χ4v) is 5.77. The molecule has 4 rings (SSSR count). The molecule has 0 amide bonds. The van der Waals surface area contributed by atoms with Crippen LogP contribution in [0, 0.1) is 6.92 Å². The molecule has 2 aromatic heterocycles. The quantitative estimate of drug-likeness (QED) is 0.612. The zero-order chi connectivity index (χ0) is 23.0. The molecule has 0 radical (unpaired) electrons. The molecule has 3 heterocycles. The molecule has 170 valence electrons. The fourth-order valence-electron chi connectivity index (χ4n) is 4.47. The van der Waals surface area contributed by atoms with E-state index in [0.717, 1.165) is 5.56 Å². The van der Waals surface area contributed by atoms with Crippen molar-refractivity contribution in [2.75, 3.05) is 16.8 Å². The molecule has 1 aliphatic rings. The first-order valence-corrected chi connectivity index (χ1v) is 12.1. The summed E-state index contributed by atoms with van der Waals surface area (Å²) in [6.07, 6.45) is 0.270. The number of hydrogen-bond acceptors (Lipinski definition) is 5. The van der Waals surface area contributed by atoms with E-state index in [4.69, 9.17) is 0 Å². The van der Waals surface area contributed by atoms with Crippen LogP contribution in [0.25, 0.3) is 11.0 Å². The minimum atomic E-state index is -2.54. The van der Waals surface area contributed by atoms with Gasteiger partial charge in [0.25, 0.3) is 12.0 Å². The highest BCUT2D eigenvalue weighted by Crippen LogP contribution is 2.32. The third-order valence-electron chi connectivity index (χ3n) is 6.33. The van der Waals surface area contributed by atoms with Crippen molar-refractivity contribution in [2.24, 2.45) is 7.05 Å². The lowest BCUT2D eigenvalue weighted by Gasteiger charge is -2.23. The smallest absolute Gasteiger partial charge is 0.264 e. The van der Waals surface area contributed by atoms with Crippen LogP contribution >= 0.6 is 0 Å². The summed E-state index contributed by atoms with van der Waals surface area (Å²) in [5.41, 5.74) is 2.40. The number of nitrogens with zero attached hydrogens (tertiary/aromatic N) is 3. The van der Waals surface area contributed by atoms with Gasteiger partial charge in [-0.3, -0.25) is 13.6 Å². The van der Waals surface area contributed by atoms with E-state index in [2.05, 4.69) is 15.3 Å².